The van der Waals surface area contributed by atoms with Gasteiger partial charge in [-0.1, -0.05) is 172 Å². The molecule has 4 nitrogen and oxygen atoms in total. The second-order valence-electron chi connectivity index (χ2n) is 16.2. The topological polar surface area (TPSA) is 35.1 Å². The quantitative estimate of drug-likeness (QED) is 0.164. The van der Waals surface area contributed by atoms with Crippen molar-refractivity contribution in [3.63, 3.8) is 0 Å². The molecule has 4 heteroatoms. The third-order valence-corrected chi connectivity index (χ3v) is 12.6. The van der Waals surface area contributed by atoms with Crippen LogP contribution in [0, 0.1) is 0 Å². The third kappa shape index (κ3) is 5.03. The van der Waals surface area contributed by atoms with Gasteiger partial charge in [-0.25, -0.2) is 9.97 Å². The zero-order valence-corrected chi connectivity index (χ0v) is 32.8. The van der Waals surface area contributed by atoms with Crippen LogP contribution in [0.1, 0.15) is 25.0 Å². The van der Waals surface area contributed by atoms with Crippen molar-refractivity contribution in [3.05, 3.63) is 206 Å². The molecule has 0 N–H and O–H groups in total. The number of nitrogens with zero attached hydrogens (tertiary/aromatic N) is 4. The molecular formula is C55H38N4. The fraction of sp³-hybridized carbons (Fsp3) is 0.0545. The molecule has 1 aliphatic carbocycles. The van der Waals surface area contributed by atoms with Crippen LogP contribution in [-0.2, 0) is 5.41 Å². The molecule has 1 aliphatic rings. The first-order valence-corrected chi connectivity index (χ1v) is 20.3. The predicted octanol–water partition coefficient (Wildman–Crippen LogP) is 14.0. The highest BCUT2D eigenvalue weighted by Gasteiger charge is 2.36. The smallest absolute Gasteiger partial charge is 0.234 e. The van der Waals surface area contributed by atoms with Crippen molar-refractivity contribution in [1.29, 1.82) is 0 Å². The predicted molar refractivity (Wildman–Crippen MR) is 244 cm³/mol. The van der Waals surface area contributed by atoms with Gasteiger partial charge < -0.3 is 4.57 Å². The number of fused-ring (bicyclic) bond motifs is 9. The lowest BCUT2D eigenvalue weighted by Gasteiger charge is -2.23. The summed E-state index contributed by atoms with van der Waals surface area (Å²) in [6, 6.07) is 64.7. The van der Waals surface area contributed by atoms with Gasteiger partial charge in [0.2, 0.25) is 5.78 Å². The molecule has 0 fully saturated rings. The Hall–Kier alpha value is -7.56. The first-order chi connectivity index (χ1) is 29.0. The summed E-state index contributed by atoms with van der Waals surface area (Å²) in [4.78, 5) is 9.16. The molecule has 0 saturated carbocycles. The van der Waals surface area contributed by atoms with E-state index in [1.165, 1.54) is 93.9 Å². The Morgan fingerprint density at radius 3 is 1.95 bits per heavy atom. The van der Waals surface area contributed by atoms with Gasteiger partial charge in [-0.15, -0.1) is 0 Å². The first-order valence-electron chi connectivity index (χ1n) is 20.3. The van der Waals surface area contributed by atoms with Gasteiger partial charge in [0, 0.05) is 51.6 Å². The molecule has 3 heterocycles. The van der Waals surface area contributed by atoms with Crippen LogP contribution in [0.4, 0.5) is 0 Å². The summed E-state index contributed by atoms with van der Waals surface area (Å²) in [7, 11) is 0. The lowest BCUT2D eigenvalue weighted by molar-refractivity contribution is 0.660. The van der Waals surface area contributed by atoms with Crippen LogP contribution in [0.5, 0.6) is 0 Å². The van der Waals surface area contributed by atoms with E-state index in [9.17, 15) is 0 Å². The Labute approximate surface area is 342 Å². The fourth-order valence-electron chi connectivity index (χ4n) is 9.85. The summed E-state index contributed by atoms with van der Waals surface area (Å²) in [5.74, 6) is 0.699. The molecule has 0 unspecified atom stereocenters. The van der Waals surface area contributed by atoms with E-state index in [1.54, 1.807) is 6.20 Å². The zero-order chi connectivity index (χ0) is 39.2. The highest BCUT2D eigenvalue weighted by Crippen LogP contribution is 2.51. The summed E-state index contributed by atoms with van der Waals surface area (Å²) in [6.45, 7) is 4.73. The minimum atomic E-state index is -0.128. The monoisotopic (exact) mass is 754 g/mol. The average Bonchev–Trinajstić information content (AvgIpc) is 3.95. The van der Waals surface area contributed by atoms with Gasteiger partial charge in [-0.3, -0.25) is 4.40 Å². The standard InChI is InChI=1S/C55H38N4/c1-55(2)48-20-10-9-17-44(48)45-26-25-39(33-49(45)55)59-52(38-15-7-4-8-16-38)51(37-13-5-3-6-14-37)47-30-28-43-41-19-11-18-40(42(41)27-29-46(43)53(47)59)35-21-23-36(24-22-35)50-34-58-32-12-31-56-54(58)57-50/h3-34H,1-2H3. The molecule has 278 valence electrons. The van der Waals surface area contributed by atoms with Crippen molar-refractivity contribution >= 4 is 38.2 Å². The summed E-state index contributed by atoms with van der Waals surface area (Å²) < 4.78 is 4.51. The van der Waals surface area contributed by atoms with Crippen LogP contribution >= 0.6 is 0 Å². The van der Waals surface area contributed by atoms with E-state index in [1.807, 2.05) is 22.9 Å². The molecule has 0 radical (unpaired) electrons. The molecule has 0 spiro atoms. The highest BCUT2D eigenvalue weighted by atomic mass is 15.1. The van der Waals surface area contributed by atoms with Gasteiger partial charge in [-0.2, -0.15) is 0 Å². The van der Waals surface area contributed by atoms with E-state index in [4.69, 9.17) is 4.98 Å². The Morgan fingerprint density at radius 2 is 1.14 bits per heavy atom. The highest BCUT2D eigenvalue weighted by molar-refractivity contribution is 6.22. The molecular weight excluding hydrogens is 717 g/mol. The lowest BCUT2D eigenvalue weighted by atomic mass is 9.82. The van der Waals surface area contributed by atoms with E-state index >= 15 is 0 Å². The Morgan fingerprint density at radius 1 is 0.475 bits per heavy atom. The maximum Gasteiger partial charge on any atom is 0.234 e. The molecule has 59 heavy (non-hydrogen) atoms. The number of hydrogen-bond acceptors (Lipinski definition) is 2. The van der Waals surface area contributed by atoms with Crippen molar-refractivity contribution in [2.45, 2.75) is 19.3 Å². The van der Waals surface area contributed by atoms with Crippen LogP contribution in [0.2, 0.25) is 0 Å². The van der Waals surface area contributed by atoms with Gasteiger partial charge in [0.25, 0.3) is 0 Å². The van der Waals surface area contributed by atoms with E-state index in [0.717, 1.165) is 11.3 Å². The van der Waals surface area contributed by atoms with Crippen molar-refractivity contribution < 1.29 is 0 Å². The van der Waals surface area contributed by atoms with Gasteiger partial charge >= 0.3 is 0 Å². The molecule has 3 aromatic heterocycles. The molecule has 0 atom stereocenters. The van der Waals surface area contributed by atoms with E-state index in [2.05, 4.69) is 193 Å². The number of imidazole rings is 1. The number of aromatic nitrogens is 4. The van der Waals surface area contributed by atoms with Gasteiger partial charge in [-0.05, 0) is 78.9 Å². The van der Waals surface area contributed by atoms with Gasteiger partial charge in [0.05, 0.1) is 16.9 Å². The van der Waals surface area contributed by atoms with Crippen LogP contribution in [0.15, 0.2) is 195 Å². The third-order valence-electron chi connectivity index (χ3n) is 12.6. The largest absolute Gasteiger partial charge is 0.308 e. The summed E-state index contributed by atoms with van der Waals surface area (Å²) in [6.07, 6.45) is 5.79. The van der Waals surface area contributed by atoms with E-state index in [0.29, 0.717) is 5.78 Å². The molecule has 0 amide bonds. The summed E-state index contributed by atoms with van der Waals surface area (Å²) >= 11 is 0. The Kier molecular flexibility index (Phi) is 7.24. The number of benzene rings is 8. The molecule has 12 rings (SSSR count). The van der Waals surface area contributed by atoms with Gasteiger partial charge in [0.1, 0.15) is 0 Å². The fourth-order valence-corrected chi connectivity index (χ4v) is 9.85. The van der Waals surface area contributed by atoms with Gasteiger partial charge in [0.15, 0.2) is 0 Å². The van der Waals surface area contributed by atoms with Crippen molar-refractivity contribution in [2.24, 2.45) is 0 Å². The van der Waals surface area contributed by atoms with Crippen molar-refractivity contribution in [3.8, 4) is 61.6 Å². The number of hydrogen-bond donors (Lipinski definition) is 0. The van der Waals surface area contributed by atoms with Crippen molar-refractivity contribution in [2.75, 3.05) is 0 Å². The molecule has 11 aromatic rings. The van der Waals surface area contributed by atoms with E-state index in [-0.39, 0.29) is 5.41 Å². The van der Waals surface area contributed by atoms with Crippen molar-refractivity contribution in [1.82, 2.24) is 18.9 Å². The first kappa shape index (κ1) is 33.6. The Balaban J connectivity index is 1.10. The normalized spacial score (nSPS) is 13.1. The second-order valence-corrected chi connectivity index (χ2v) is 16.2. The molecule has 0 aliphatic heterocycles. The summed E-state index contributed by atoms with van der Waals surface area (Å²) in [5, 5.41) is 6.16. The maximum atomic E-state index is 4.75. The SMILES string of the molecule is CC1(C)c2ccccc2-c2ccc(-n3c(-c4ccccc4)c(-c4ccccc4)c4ccc5c6cccc(-c7ccc(-c8cn9cccnc9n8)cc7)c6ccc5c43)cc21. The van der Waals surface area contributed by atoms with Crippen LogP contribution in [0.3, 0.4) is 0 Å². The Bertz CT molecular complexity index is 3410. The maximum absolute atomic E-state index is 4.75. The van der Waals surface area contributed by atoms with Crippen LogP contribution in [-0.4, -0.2) is 18.9 Å². The van der Waals surface area contributed by atoms with Crippen LogP contribution in [0.25, 0.3) is 99.8 Å². The van der Waals surface area contributed by atoms with E-state index < -0.39 is 0 Å². The minimum absolute atomic E-state index is 0.128. The zero-order valence-electron chi connectivity index (χ0n) is 32.8. The lowest BCUT2D eigenvalue weighted by Crippen LogP contribution is -2.15. The molecule has 0 saturated heterocycles. The molecule has 0 bridgehead atoms. The summed E-state index contributed by atoms with van der Waals surface area (Å²) in [5.41, 5.74) is 16.8. The second kappa shape index (κ2) is 12.7. The number of rotatable bonds is 5. The minimum Gasteiger partial charge on any atom is -0.308 e. The van der Waals surface area contributed by atoms with Crippen LogP contribution < -0.4 is 0 Å². The average molecular weight is 755 g/mol. The molecule has 8 aromatic carbocycles.